The molecule has 2 rings (SSSR count). The Morgan fingerprint density at radius 2 is 2.00 bits per heavy atom. The van der Waals surface area contributed by atoms with E-state index in [0.717, 1.165) is 0 Å². The third-order valence-electron chi connectivity index (χ3n) is 3.53. The number of nitrogens with two attached hydrogens (primary N) is 1. The number of anilines is 3. The number of nitrogens with zero attached hydrogens (tertiary/aromatic N) is 2. The molecule has 1 aromatic carbocycles. The highest BCUT2D eigenvalue weighted by Crippen LogP contribution is 2.37. The summed E-state index contributed by atoms with van der Waals surface area (Å²) in [4.78, 5) is 29.7. The quantitative estimate of drug-likeness (QED) is 0.434. The molecule has 1 heterocycles. The molecule has 0 aliphatic carbocycles. The van der Waals surface area contributed by atoms with Gasteiger partial charge in [-0.3, -0.25) is 19.9 Å². The Balaban J connectivity index is 2.36. The highest BCUT2D eigenvalue weighted by Gasteiger charge is 2.25. The first kappa shape index (κ1) is 19.4. The second-order valence-corrected chi connectivity index (χ2v) is 6.90. The average Bonchev–Trinajstić information content (AvgIpc) is 2.87. The molecule has 26 heavy (non-hydrogen) atoms. The first-order valence-electron chi connectivity index (χ1n) is 7.96. The number of rotatable bonds is 7. The van der Waals surface area contributed by atoms with Gasteiger partial charge in [0.25, 0.3) is 0 Å². The molecule has 1 amide bonds. The van der Waals surface area contributed by atoms with Crippen molar-refractivity contribution in [1.29, 1.82) is 5.41 Å². The fourth-order valence-electron chi connectivity index (χ4n) is 2.48. The summed E-state index contributed by atoms with van der Waals surface area (Å²) < 4.78 is 0. The first-order valence-corrected chi connectivity index (χ1v) is 8.77. The van der Waals surface area contributed by atoms with Crippen LogP contribution in [0.3, 0.4) is 0 Å². The van der Waals surface area contributed by atoms with Gasteiger partial charge in [0, 0.05) is 18.5 Å². The maximum absolute atomic E-state index is 12.9. The van der Waals surface area contributed by atoms with Crippen LogP contribution in [-0.2, 0) is 9.59 Å². The zero-order valence-electron chi connectivity index (χ0n) is 14.5. The molecule has 2 aromatic rings. The largest absolute Gasteiger partial charge is 0.481 e. The van der Waals surface area contributed by atoms with Crippen molar-refractivity contribution in [3.05, 3.63) is 36.0 Å². The summed E-state index contributed by atoms with van der Waals surface area (Å²) in [5, 5.41) is 19.9. The van der Waals surface area contributed by atoms with E-state index in [2.05, 4.69) is 10.3 Å². The van der Waals surface area contributed by atoms with Crippen LogP contribution in [-0.4, -0.2) is 27.9 Å². The van der Waals surface area contributed by atoms with Gasteiger partial charge < -0.3 is 16.2 Å². The molecular formula is C17H21N5O3S. The number of benzene rings is 1. The Bertz CT molecular complexity index is 806. The van der Waals surface area contributed by atoms with Gasteiger partial charge in [-0.25, -0.2) is 4.98 Å². The Morgan fingerprint density at radius 3 is 2.58 bits per heavy atom. The lowest BCUT2D eigenvalue weighted by molar-refractivity contribution is -0.138. The zero-order chi connectivity index (χ0) is 19.3. The molecule has 0 bridgehead atoms. The first-order chi connectivity index (χ1) is 12.3. The molecule has 9 heteroatoms. The lowest BCUT2D eigenvalue weighted by atomic mass is 10.0. The molecule has 0 spiro atoms. The van der Waals surface area contributed by atoms with E-state index in [4.69, 9.17) is 16.2 Å². The number of aryl methyl sites for hydroxylation is 1. The Labute approximate surface area is 155 Å². The number of amides is 1. The highest BCUT2D eigenvalue weighted by atomic mass is 32.1. The molecule has 8 nitrogen and oxygen atoms in total. The molecular weight excluding hydrogens is 354 g/mol. The van der Waals surface area contributed by atoms with Crippen LogP contribution in [0.2, 0.25) is 0 Å². The lowest BCUT2D eigenvalue weighted by Crippen LogP contribution is -2.27. The standard InChI is InChI=1S/C17H21N5O3S/c1-10(9-14(24)25)8-13(23)22(12-6-4-3-5-7-12)15-11(2)20-17(26-15)21-16(18)19/h3-7,10H,8-9H2,1-2H3,(H,24,25)(H4,18,19,20,21). The molecule has 1 atom stereocenters. The number of carbonyl (C=O) groups is 2. The summed E-state index contributed by atoms with van der Waals surface area (Å²) in [5.74, 6) is -1.68. The summed E-state index contributed by atoms with van der Waals surface area (Å²) in [7, 11) is 0. The monoisotopic (exact) mass is 375 g/mol. The van der Waals surface area contributed by atoms with Crippen LogP contribution >= 0.6 is 11.3 Å². The van der Waals surface area contributed by atoms with Gasteiger partial charge in [0.15, 0.2) is 11.1 Å². The van der Waals surface area contributed by atoms with E-state index >= 15 is 0 Å². The van der Waals surface area contributed by atoms with Crippen LogP contribution in [0, 0.1) is 18.3 Å². The summed E-state index contributed by atoms with van der Waals surface area (Å²) in [6.45, 7) is 3.50. The number of hydrogen-bond donors (Lipinski definition) is 4. The summed E-state index contributed by atoms with van der Waals surface area (Å²) in [6, 6.07) is 9.10. The van der Waals surface area contributed by atoms with Gasteiger partial charge in [0.2, 0.25) is 5.91 Å². The molecule has 5 N–H and O–H groups in total. The number of carbonyl (C=O) groups excluding carboxylic acids is 1. The van der Waals surface area contributed by atoms with Crippen LogP contribution in [0.15, 0.2) is 30.3 Å². The van der Waals surface area contributed by atoms with E-state index in [1.165, 1.54) is 16.2 Å². The Morgan fingerprint density at radius 1 is 1.35 bits per heavy atom. The summed E-state index contributed by atoms with van der Waals surface area (Å²) in [6.07, 6.45) is 0.0151. The second kappa shape index (κ2) is 8.43. The number of guanidine groups is 1. The van der Waals surface area contributed by atoms with Crippen molar-refractivity contribution in [2.45, 2.75) is 26.7 Å². The maximum Gasteiger partial charge on any atom is 0.303 e. The third kappa shape index (κ3) is 5.03. The molecule has 138 valence electrons. The van der Waals surface area contributed by atoms with E-state index in [-0.39, 0.29) is 30.6 Å². The zero-order valence-corrected chi connectivity index (χ0v) is 15.3. The van der Waals surface area contributed by atoms with E-state index in [0.29, 0.717) is 21.5 Å². The van der Waals surface area contributed by atoms with Crippen molar-refractivity contribution < 1.29 is 14.7 Å². The molecule has 0 saturated carbocycles. The smallest absolute Gasteiger partial charge is 0.303 e. The van der Waals surface area contributed by atoms with Crippen LogP contribution < -0.4 is 16.0 Å². The van der Waals surface area contributed by atoms with Gasteiger partial charge in [-0.2, -0.15) is 0 Å². The SMILES string of the molecule is Cc1nc(NC(=N)N)sc1N(C(=O)CC(C)CC(=O)O)c1ccccc1. The number of hydrogen-bond acceptors (Lipinski definition) is 5. The Kier molecular flexibility index (Phi) is 6.29. The number of nitrogens with one attached hydrogen (secondary N) is 2. The highest BCUT2D eigenvalue weighted by molar-refractivity contribution is 7.20. The van der Waals surface area contributed by atoms with Gasteiger partial charge in [0.1, 0.15) is 5.00 Å². The third-order valence-corrected chi connectivity index (χ3v) is 4.58. The minimum atomic E-state index is -0.932. The van der Waals surface area contributed by atoms with E-state index in [1.807, 2.05) is 18.2 Å². The predicted molar refractivity (Wildman–Crippen MR) is 102 cm³/mol. The van der Waals surface area contributed by atoms with Crippen LogP contribution in [0.25, 0.3) is 0 Å². The van der Waals surface area contributed by atoms with E-state index in [1.54, 1.807) is 26.0 Å². The number of aromatic nitrogens is 1. The van der Waals surface area contributed by atoms with Crippen molar-refractivity contribution in [2.24, 2.45) is 11.7 Å². The summed E-state index contributed by atoms with van der Waals surface area (Å²) >= 11 is 1.21. The molecule has 0 aliphatic heterocycles. The van der Waals surface area contributed by atoms with Crippen molar-refractivity contribution >= 4 is 45.0 Å². The number of para-hydroxylation sites is 1. The van der Waals surface area contributed by atoms with Crippen molar-refractivity contribution in [3.63, 3.8) is 0 Å². The minimum Gasteiger partial charge on any atom is -0.481 e. The van der Waals surface area contributed by atoms with E-state index < -0.39 is 5.97 Å². The number of thiazole rings is 1. The fourth-order valence-corrected chi connectivity index (χ4v) is 3.49. The molecule has 1 unspecified atom stereocenters. The Hall–Kier alpha value is -2.94. The molecule has 0 saturated heterocycles. The van der Waals surface area contributed by atoms with Crippen LogP contribution in [0.4, 0.5) is 15.8 Å². The topological polar surface area (TPSA) is 132 Å². The fraction of sp³-hybridized carbons (Fsp3) is 0.294. The van der Waals surface area contributed by atoms with E-state index in [9.17, 15) is 9.59 Å². The molecule has 1 aromatic heterocycles. The van der Waals surface area contributed by atoms with Crippen LogP contribution in [0.1, 0.15) is 25.5 Å². The normalized spacial score (nSPS) is 11.6. The maximum atomic E-state index is 12.9. The van der Waals surface area contributed by atoms with Gasteiger partial charge >= 0.3 is 5.97 Å². The summed E-state index contributed by atoms with van der Waals surface area (Å²) in [5.41, 5.74) is 6.63. The lowest BCUT2D eigenvalue weighted by Gasteiger charge is -2.23. The molecule has 0 fully saturated rings. The van der Waals surface area contributed by atoms with Gasteiger partial charge in [-0.05, 0) is 25.0 Å². The number of carboxylic acids is 1. The van der Waals surface area contributed by atoms with Crippen molar-refractivity contribution in [2.75, 3.05) is 10.2 Å². The predicted octanol–water partition coefficient (Wildman–Crippen LogP) is 2.92. The van der Waals surface area contributed by atoms with Gasteiger partial charge in [-0.1, -0.05) is 36.5 Å². The van der Waals surface area contributed by atoms with Crippen molar-refractivity contribution in [3.8, 4) is 0 Å². The number of carboxylic acid groups (broad SMARTS) is 1. The molecule has 0 radical (unpaired) electrons. The second-order valence-electron chi connectivity index (χ2n) is 5.92. The number of aliphatic carboxylic acids is 1. The average molecular weight is 375 g/mol. The molecule has 0 aliphatic rings. The van der Waals surface area contributed by atoms with Crippen LogP contribution in [0.5, 0.6) is 0 Å². The minimum absolute atomic E-state index is 0.0762. The van der Waals surface area contributed by atoms with Crippen molar-refractivity contribution in [1.82, 2.24) is 4.98 Å². The van der Waals surface area contributed by atoms with Gasteiger partial charge in [0.05, 0.1) is 5.69 Å². The van der Waals surface area contributed by atoms with Gasteiger partial charge in [-0.15, -0.1) is 0 Å².